The lowest BCUT2D eigenvalue weighted by molar-refractivity contribution is -0.135. The van der Waals surface area contributed by atoms with Gasteiger partial charge in [0.25, 0.3) is 0 Å². The number of aryl methyl sites for hydroxylation is 1. The van der Waals surface area contributed by atoms with Crippen molar-refractivity contribution in [3.63, 3.8) is 0 Å². The molecule has 2 aliphatic heterocycles. The maximum absolute atomic E-state index is 12.7. The van der Waals surface area contributed by atoms with Gasteiger partial charge in [-0.15, -0.1) is 0 Å². The van der Waals surface area contributed by atoms with E-state index in [4.69, 9.17) is 9.26 Å². The molecule has 1 saturated carbocycles. The fourth-order valence-corrected chi connectivity index (χ4v) is 4.53. The summed E-state index contributed by atoms with van der Waals surface area (Å²) in [5.74, 6) is 1.87. The van der Waals surface area contributed by atoms with E-state index in [1.54, 1.807) is 0 Å². The topological polar surface area (TPSA) is 67.6 Å². The summed E-state index contributed by atoms with van der Waals surface area (Å²) in [4.78, 5) is 14.8. The first kappa shape index (κ1) is 15.0. The molecular weight excluding hydrogens is 294 g/mol. The minimum Gasteiger partial charge on any atom is -0.381 e. The Bertz CT molecular complexity index is 602. The first-order valence-corrected chi connectivity index (χ1v) is 8.69. The molecule has 0 aromatic carbocycles. The number of likely N-dealkylation sites (tertiary alicyclic amines) is 1. The van der Waals surface area contributed by atoms with Gasteiger partial charge in [0.1, 0.15) is 5.76 Å². The van der Waals surface area contributed by atoms with Gasteiger partial charge in [-0.05, 0) is 45.4 Å². The van der Waals surface area contributed by atoms with Gasteiger partial charge in [0.15, 0.2) is 5.82 Å². The number of rotatable bonds is 2. The summed E-state index contributed by atoms with van der Waals surface area (Å²) in [5, 5.41) is 6.89. The molecule has 1 aromatic heterocycles. The Morgan fingerprint density at radius 2 is 2.04 bits per heavy atom. The van der Waals surface area contributed by atoms with E-state index in [1.807, 2.05) is 18.7 Å². The summed E-state index contributed by atoms with van der Waals surface area (Å²) in [6, 6.07) is 0.337. The zero-order chi connectivity index (χ0) is 16.0. The molecule has 6 nitrogen and oxygen atoms in total. The number of urea groups is 1. The number of nitrogens with zero attached hydrogens (tertiary/aromatic N) is 2. The van der Waals surface area contributed by atoms with E-state index < -0.39 is 0 Å². The van der Waals surface area contributed by atoms with Crippen LogP contribution in [0.1, 0.15) is 43.4 Å². The number of carbonyl (C=O) groups is 1. The third-order valence-electron chi connectivity index (χ3n) is 6.15. The molecule has 23 heavy (non-hydrogen) atoms. The predicted octanol–water partition coefficient (Wildman–Crippen LogP) is 3.10. The highest BCUT2D eigenvalue weighted by molar-refractivity contribution is 5.90. The Hall–Kier alpha value is -1.56. The van der Waals surface area contributed by atoms with Crippen LogP contribution < -0.4 is 5.32 Å². The van der Waals surface area contributed by atoms with Crippen LogP contribution in [0.3, 0.4) is 0 Å². The van der Waals surface area contributed by atoms with Crippen molar-refractivity contribution in [1.82, 2.24) is 10.1 Å². The van der Waals surface area contributed by atoms with Crippen LogP contribution in [0.5, 0.6) is 0 Å². The number of aromatic nitrogens is 1. The summed E-state index contributed by atoms with van der Waals surface area (Å²) >= 11 is 0. The average Bonchev–Trinajstić information content (AvgIpc) is 2.78. The number of hydrogen-bond donors (Lipinski definition) is 1. The van der Waals surface area contributed by atoms with Gasteiger partial charge in [0.2, 0.25) is 0 Å². The van der Waals surface area contributed by atoms with Crippen LogP contribution >= 0.6 is 0 Å². The van der Waals surface area contributed by atoms with E-state index in [-0.39, 0.29) is 6.03 Å². The van der Waals surface area contributed by atoms with Gasteiger partial charge < -0.3 is 14.2 Å². The van der Waals surface area contributed by atoms with Gasteiger partial charge in [0, 0.05) is 36.8 Å². The van der Waals surface area contributed by atoms with E-state index in [1.165, 1.54) is 19.3 Å². The van der Waals surface area contributed by atoms with Crippen LogP contribution in [0.2, 0.25) is 0 Å². The smallest absolute Gasteiger partial charge is 0.323 e. The Morgan fingerprint density at radius 3 is 2.61 bits per heavy atom. The molecule has 2 amide bonds. The lowest BCUT2D eigenvalue weighted by atomic mass is 9.54. The molecule has 3 fully saturated rings. The molecule has 2 saturated heterocycles. The highest BCUT2D eigenvalue weighted by Crippen LogP contribution is 2.56. The van der Waals surface area contributed by atoms with Crippen molar-refractivity contribution in [3.8, 4) is 0 Å². The van der Waals surface area contributed by atoms with Crippen LogP contribution in [0.4, 0.5) is 10.6 Å². The van der Waals surface area contributed by atoms with Gasteiger partial charge in [-0.2, -0.15) is 0 Å². The second-order valence-corrected chi connectivity index (χ2v) is 7.38. The largest absolute Gasteiger partial charge is 0.381 e. The van der Waals surface area contributed by atoms with Gasteiger partial charge in [0.05, 0.1) is 0 Å². The second-order valence-electron chi connectivity index (χ2n) is 7.38. The van der Waals surface area contributed by atoms with Crippen molar-refractivity contribution < 1.29 is 14.1 Å². The van der Waals surface area contributed by atoms with Gasteiger partial charge in [-0.1, -0.05) is 11.6 Å². The number of hydrogen-bond acceptors (Lipinski definition) is 4. The van der Waals surface area contributed by atoms with Crippen molar-refractivity contribution in [2.75, 3.05) is 25.1 Å². The quantitative estimate of drug-likeness (QED) is 0.909. The molecular formula is C17H25N3O3. The fourth-order valence-electron chi connectivity index (χ4n) is 4.53. The van der Waals surface area contributed by atoms with Gasteiger partial charge in [-0.25, -0.2) is 4.79 Å². The Kier molecular flexibility index (Phi) is 3.59. The summed E-state index contributed by atoms with van der Waals surface area (Å²) < 4.78 is 10.7. The highest BCUT2D eigenvalue weighted by atomic mass is 16.5. The molecule has 3 aliphatic rings. The van der Waals surface area contributed by atoms with Crippen LogP contribution in [-0.2, 0) is 4.74 Å². The maximum atomic E-state index is 12.7. The molecule has 6 heteroatoms. The number of amides is 2. The van der Waals surface area contributed by atoms with E-state index in [9.17, 15) is 4.79 Å². The van der Waals surface area contributed by atoms with Crippen molar-refractivity contribution in [2.24, 2.45) is 11.3 Å². The van der Waals surface area contributed by atoms with Crippen LogP contribution in [0.15, 0.2) is 4.52 Å². The molecule has 1 atom stereocenters. The van der Waals surface area contributed by atoms with E-state index in [0.717, 1.165) is 43.9 Å². The van der Waals surface area contributed by atoms with Crippen molar-refractivity contribution >= 4 is 11.8 Å². The van der Waals surface area contributed by atoms with Crippen LogP contribution in [0.25, 0.3) is 0 Å². The molecule has 4 rings (SSSR count). The van der Waals surface area contributed by atoms with Gasteiger partial charge in [-0.3, -0.25) is 5.32 Å². The summed E-state index contributed by atoms with van der Waals surface area (Å²) in [6.45, 7) is 6.32. The average molecular weight is 319 g/mol. The lowest BCUT2D eigenvalue weighted by Crippen LogP contribution is -2.72. The Morgan fingerprint density at radius 1 is 1.30 bits per heavy atom. The molecule has 1 unspecified atom stereocenters. The van der Waals surface area contributed by atoms with E-state index in [0.29, 0.717) is 23.2 Å². The first-order valence-electron chi connectivity index (χ1n) is 8.69. The number of ether oxygens (including phenoxy) is 1. The summed E-state index contributed by atoms with van der Waals surface area (Å²) in [5.41, 5.74) is 1.29. The third-order valence-corrected chi connectivity index (χ3v) is 6.15. The summed E-state index contributed by atoms with van der Waals surface area (Å²) in [7, 11) is 0. The standard InChI is InChI=1S/C17H25N3O3/c1-11-12(2)23-19-15(11)18-16(21)20-10-17(6-3-7-17)14(20)13-4-8-22-9-5-13/h13-14H,3-10H2,1-2H3,(H,18,19,21). The molecule has 126 valence electrons. The van der Waals surface area contributed by atoms with E-state index >= 15 is 0 Å². The zero-order valence-electron chi connectivity index (χ0n) is 13.9. The lowest BCUT2D eigenvalue weighted by Gasteiger charge is -2.64. The van der Waals surface area contributed by atoms with Gasteiger partial charge >= 0.3 is 6.03 Å². The molecule has 0 bridgehead atoms. The molecule has 1 aliphatic carbocycles. The Balaban J connectivity index is 1.48. The van der Waals surface area contributed by atoms with E-state index in [2.05, 4.69) is 10.5 Å². The van der Waals surface area contributed by atoms with Crippen molar-refractivity contribution in [1.29, 1.82) is 0 Å². The minimum absolute atomic E-state index is 0.0320. The molecule has 0 radical (unpaired) electrons. The number of nitrogens with one attached hydrogen (secondary N) is 1. The monoisotopic (exact) mass is 319 g/mol. The summed E-state index contributed by atoms with van der Waals surface area (Å²) in [6.07, 6.45) is 5.97. The fraction of sp³-hybridized carbons (Fsp3) is 0.765. The third kappa shape index (κ3) is 2.35. The highest BCUT2D eigenvalue weighted by Gasteiger charge is 2.59. The number of carbonyl (C=O) groups excluding carboxylic acids is 1. The normalized spacial score (nSPS) is 26.7. The molecule has 1 spiro atoms. The van der Waals surface area contributed by atoms with Crippen molar-refractivity contribution in [3.05, 3.63) is 11.3 Å². The molecule has 3 heterocycles. The first-order chi connectivity index (χ1) is 11.1. The predicted molar refractivity (Wildman–Crippen MR) is 85.3 cm³/mol. The molecule has 1 N–H and O–H groups in total. The zero-order valence-corrected chi connectivity index (χ0v) is 13.9. The maximum Gasteiger partial charge on any atom is 0.323 e. The second kappa shape index (κ2) is 5.51. The Labute approximate surface area is 136 Å². The SMILES string of the molecule is Cc1onc(NC(=O)N2CC3(CCC3)C2C2CCOCC2)c1C. The van der Waals surface area contributed by atoms with Crippen LogP contribution in [0, 0.1) is 25.2 Å². The molecule has 1 aromatic rings. The van der Waals surface area contributed by atoms with Crippen molar-refractivity contribution in [2.45, 2.75) is 52.0 Å². The van der Waals surface area contributed by atoms with Crippen LogP contribution in [-0.4, -0.2) is 41.9 Å². The number of anilines is 1. The minimum atomic E-state index is -0.0320.